The topological polar surface area (TPSA) is 181 Å². The van der Waals surface area contributed by atoms with Crippen molar-refractivity contribution in [3.05, 3.63) is 68.1 Å². The first-order valence-corrected chi connectivity index (χ1v) is 10.8. The van der Waals surface area contributed by atoms with Crippen LogP contribution >= 0.6 is 0 Å². The van der Waals surface area contributed by atoms with Crippen LogP contribution in [-0.2, 0) is 14.6 Å². The van der Waals surface area contributed by atoms with Crippen molar-refractivity contribution in [2.45, 2.75) is 41.7 Å². The Bertz CT molecular complexity index is 1350. The van der Waals surface area contributed by atoms with Crippen LogP contribution in [0.15, 0.2) is 60.7 Å². The molecule has 1 aliphatic heterocycles. The third-order valence-electron chi connectivity index (χ3n) is 4.90. The van der Waals surface area contributed by atoms with Crippen molar-refractivity contribution in [2.24, 2.45) is 0 Å². The Kier molecular flexibility index (Phi) is 5.58. The summed E-state index contributed by atoms with van der Waals surface area (Å²) in [5, 5.41) is 24.7. The molecule has 0 radical (unpaired) electrons. The lowest BCUT2D eigenvalue weighted by molar-refractivity contribution is -0.832. The number of nitrogens with zero attached hydrogens (tertiary/aromatic N) is 3. The van der Waals surface area contributed by atoms with Crippen molar-refractivity contribution in [3.8, 4) is 5.88 Å². The van der Waals surface area contributed by atoms with Crippen LogP contribution in [0.4, 0.5) is 0 Å². The standard InChI is InChI=1S/C18H18N4O9S/c1-10-8-21(18(25)19-15(10)24)14-7-12(23)13(30-14)9-29-16-17(22(26)31-20-16)32(27,28)11-5-3-2-4-6-11/h2-6,8,12-14,23H,7,9H2,1H3,(H,19,24,25). The largest absolute Gasteiger partial charge is 0.452 e. The molecule has 0 bridgehead atoms. The van der Waals surface area contributed by atoms with Gasteiger partial charge in [-0.05, 0) is 24.0 Å². The molecule has 0 saturated carbocycles. The van der Waals surface area contributed by atoms with Crippen molar-refractivity contribution in [1.82, 2.24) is 14.7 Å². The Morgan fingerprint density at radius 3 is 2.78 bits per heavy atom. The molecule has 14 heteroatoms. The van der Waals surface area contributed by atoms with Gasteiger partial charge in [0.05, 0.1) is 16.2 Å². The number of rotatable bonds is 6. The van der Waals surface area contributed by atoms with E-state index in [4.69, 9.17) is 9.47 Å². The molecule has 1 fully saturated rings. The maximum absolute atomic E-state index is 12.8. The molecule has 170 valence electrons. The van der Waals surface area contributed by atoms with Gasteiger partial charge in [0.1, 0.15) is 18.9 Å². The van der Waals surface area contributed by atoms with Crippen LogP contribution in [0.2, 0.25) is 0 Å². The number of aromatic nitrogens is 4. The Morgan fingerprint density at radius 1 is 1.34 bits per heavy atom. The smallest absolute Gasteiger partial charge is 0.415 e. The summed E-state index contributed by atoms with van der Waals surface area (Å²) >= 11 is 0. The summed E-state index contributed by atoms with van der Waals surface area (Å²) in [4.78, 5) is 25.3. The van der Waals surface area contributed by atoms with Gasteiger partial charge in [-0.15, -0.1) is 0 Å². The molecule has 3 atom stereocenters. The summed E-state index contributed by atoms with van der Waals surface area (Å²) in [5.41, 5.74) is -0.964. The first kappa shape index (κ1) is 21.7. The summed E-state index contributed by atoms with van der Waals surface area (Å²) in [6.07, 6.45) is -1.64. The first-order valence-electron chi connectivity index (χ1n) is 9.36. The first-order chi connectivity index (χ1) is 15.2. The van der Waals surface area contributed by atoms with Gasteiger partial charge in [-0.3, -0.25) is 19.0 Å². The van der Waals surface area contributed by atoms with Crippen LogP contribution in [0.1, 0.15) is 18.2 Å². The lowest BCUT2D eigenvalue weighted by Crippen LogP contribution is -2.34. The minimum absolute atomic E-state index is 0.00889. The predicted molar refractivity (Wildman–Crippen MR) is 103 cm³/mol. The van der Waals surface area contributed by atoms with Crippen molar-refractivity contribution < 1.29 is 32.5 Å². The zero-order valence-corrected chi connectivity index (χ0v) is 17.4. The van der Waals surface area contributed by atoms with Crippen molar-refractivity contribution in [1.29, 1.82) is 0 Å². The molecule has 1 aliphatic rings. The maximum atomic E-state index is 12.8. The molecule has 3 aromatic rings. The van der Waals surface area contributed by atoms with E-state index in [-0.39, 0.29) is 21.8 Å². The Morgan fingerprint density at radius 2 is 2.06 bits per heavy atom. The number of sulfone groups is 1. The third kappa shape index (κ3) is 3.90. The molecule has 0 spiro atoms. The molecule has 13 nitrogen and oxygen atoms in total. The van der Waals surface area contributed by atoms with Crippen LogP contribution in [0.5, 0.6) is 5.88 Å². The van der Waals surface area contributed by atoms with E-state index >= 15 is 0 Å². The molecule has 2 aromatic heterocycles. The third-order valence-corrected chi connectivity index (χ3v) is 6.62. The number of benzene rings is 1. The minimum atomic E-state index is -4.30. The molecule has 1 saturated heterocycles. The molecule has 3 heterocycles. The monoisotopic (exact) mass is 466 g/mol. The molecular weight excluding hydrogens is 448 g/mol. The van der Waals surface area contributed by atoms with Gasteiger partial charge in [-0.25, -0.2) is 13.2 Å². The second-order valence-electron chi connectivity index (χ2n) is 7.08. The van der Waals surface area contributed by atoms with Gasteiger partial charge in [0.15, 0.2) is 0 Å². The summed E-state index contributed by atoms with van der Waals surface area (Å²) < 4.78 is 42.1. The van der Waals surface area contributed by atoms with E-state index in [0.29, 0.717) is 0 Å². The van der Waals surface area contributed by atoms with Crippen molar-refractivity contribution >= 4 is 9.84 Å². The van der Waals surface area contributed by atoms with Crippen LogP contribution < -0.4 is 20.9 Å². The summed E-state index contributed by atoms with van der Waals surface area (Å²) in [7, 11) is -4.30. The Hall–Kier alpha value is -3.49. The second kappa shape index (κ2) is 8.22. The van der Waals surface area contributed by atoms with Gasteiger partial charge in [-0.1, -0.05) is 18.2 Å². The number of H-pyrrole nitrogens is 1. The Balaban J connectivity index is 1.53. The number of aryl methyl sites for hydroxylation is 1. The quantitative estimate of drug-likeness (QED) is 0.429. The number of hydrogen-bond donors (Lipinski definition) is 2. The average Bonchev–Trinajstić information content (AvgIpc) is 3.32. The highest BCUT2D eigenvalue weighted by molar-refractivity contribution is 7.91. The molecule has 4 rings (SSSR count). The highest BCUT2D eigenvalue weighted by Crippen LogP contribution is 2.29. The van der Waals surface area contributed by atoms with E-state index in [1.807, 2.05) is 0 Å². The molecule has 3 unspecified atom stereocenters. The number of aliphatic hydroxyl groups excluding tert-OH is 1. The zero-order valence-electron chi connectivity index (χ0n) is 16.6. The summed E-state index contributed by atoms with van der Waals surface area (Å²) in [5.74, 6) is -0.597. The zero-order chi connectivity index (χ0) is 23.0. The number of nitrogens with one attached hydrogen (secondary N) is 1. The molecule has 0 aliphatic carbocycles. The number of ether oxygens (including phenoxy) is 2. The van der Waals surface area contributed by atoms with Crippen molar-refractivity contribution in [2.75, 3.05) is 6.61 Å². The van der Waals surface area contributed by atoms with E-state index in [2.05, 4.69) is 14.8 Å². The number of aliphatic hydroxyl groups is 1. The molecule has 0 amide bonds. The minimum Gasteiger partial charge on any atom is -0.452 e. The van der Waals surface area contributed by atoms with Gasteiger partial charge in [0.2, 0.25) is 0 Å². The Labute approximate surface area is 179 Å². The summed E-state index contributed by atoms with van der Waals surface area (Å²) in [6.45, 7) is 1.12. The highest BCUT2D eigenvalue weighted by atomic mass is 32.2. The maximum Gasteiger partial charge on any atom is 0.415 e. The molecular formula is C18H18N4O9S. The highest BCUT2D eigenvalue weighted by Gasteiger charge is 2.39. The number of aromatic amines is 1. The van der Waals surface area contributed by atoms with E-state index < -0.39 is 57.0 Å². The van der Waals surface area contributed by atoms with Crippen LogP contribution in [0, 0.1) is 12.1 Å². The van der Waals surface area contributed by atoms with Crippen molar-refractivity contribution in [3.63, 3.8) is 0 Å². The summed E-state index contributed by atoms with van der Waals surface area (Å²) in [6, 6.07) is 7.17. The normalized spacial score (nSPS) is 21.0. The van der Waals surface area contributed by atoms with Gasteiger partial charge in [0, 0.05) is 18.2 Å². The van der Waals surface area contributed by atoms with Crippen LogP contribution in [0.3, 0.4) is 0 Å². The number of hydrogen-bond acceptors (Lipinski definition) is 10. The lowest BCUT2D eigenvalue weighted by Gasteiger charge is -2.15. The lowest BCUT2D eigenvalue weighted by atomic mass is 10.2. The fourth-order valence-electron chi connectivity index (χ4n) is 3.24. The van der Waals surface area contributed by atoms with E-state index in [1.165, 1.54) is 37.4 Å². The SMILES string of the molecule is Cc1cn(C2CC(O)C(COc3no[n+]([O-])c3S(=O)(=O)c3ccccc3)O2)c(=O)[nH]c1=O. The van der Waals surface area contributed by atoms with Crippen LogP contribution in [-0.4, -0.2) is 47.0 Å². The van der Waals surface area contributed by atoms with Gasteiger partial charge >= 0.3 is 16.6 Å². The van der Waals surface area contributed by atoms with Gasteiger partial charge in [0.25, 0.3) is 15.4 Å². The van der Waals surface area contributed by atoms with Gasteiger partial charge in [-0.2, -0.15) is 0 Å². The molecule has 1 aromatic carbocycles. The van der Waals surface area contributed by atoms with Crippen LogP contribution in [0.25, 0.3) is 0 Å². The fraction of sp³-hybridized carbons (Fsp3) is 0.333. The fourth-order valence-corrected chi connectivity index (χ4v) is 4.53. The average molecular weight is 466 g/mol. The van der Waals surface area contributed by atoms with Gasteiger partial charge < -0.3 is 19.8 Å². The second-order valence-corrected chi connectivity index (χ2v) is 8.94. The predicted octanol–water partition coefficient (Wildman–Crippen LogP) is -0.973. The van der Waals surface area contributed by atoms with E-state index in [1.54, 1.807) is 6.07 Å². The molecule has 2 N–H and O–H groups in total. The van der Waals surface area contributed by atoms with E-state index in [9.17, 15) is 28.3 Å². The molecule has 32 heavy (non-hydrogen) atoms. The van der Waals surface area contributed by atoms with E-state index in [0.717, 1.165) is 4.57 Å².